The molecule has 2 atom stereocenters. The number of urea groups is 1. The van der Waals surface area contributed by atoms with Crippen LogP contribution in [0.5, 0.6) is 0 Å². The number of carbonyl (C=O) groups is 2. The highest BCUT2D eigenvalue weighted by Crippen LogP contribution is 2.06. The molecule has 1 N–H and O–H groups in total. The van der Waals surface area contributed by atoms with E-state index in [9.17, 15) is 9.59 Å². The second-order valence-electron chi connectivity index (χ2n) is 4.30. The summed E-state index contributed by atoms with van der Waals surface area (Å²) in [5, 5.41) is 8.80. The minimum atomic E-state index is -0.993. The molecule has 2 amide bonds. The van der Waals surface area contributed by atoms with Gasteiger partial charge in [0.25, 0.3) is 0 Å². The van der Waals surface area contributed by atoms with Crippen molar-refractivity contribution < 1.29 is 14.7 Å². The summed E-state index contributed by atoms with van der Waals surface area (Å²) in [5.74, 6) is -0.574. The maximum absolute atomic E-state index is 11.8. The Morgan fingerprint density at radius 1 is 1.25 bits per heavy atom. The average molecular weight is 230 g/mol. The first-order valence-electron chi connectivity index (χ1n) is 5.51. The lowest BCUT2D eigenvalue weighted by atomic mass is 10.1. The van der Waals surface area contributed by atoms with Crippen LogP contribution in [0.1, 0.15) is 27.2 Å². The van der Waals surface area contributed by atoms with Gasteiger partial charge in [0.2, 0.25) is 0 Å². The van der Waals surface area contributed by atoms with Crippen LogP contribution >= 0.6 is 0 Å². The molecule has 0 radical (unpaired) electrons. The van der Waals surface area contributed by atoms with Crippen molar-refractivity contribution in [1.82, 2.24) is 9.80 Å². The molecule has 2 unspecified atom stereocenters. The molecule has 0 aliphatic carbocycles. The third-order valence-corrected chi connectivity index (χ3v) is 2.85. The van der Waals surface area contributed by atoms with Gasteiger partial charge in [-0.05, 0) is 12.8 Å². The number of nitrogens with zero attached hydrogens (tertiary/aromatic N) is 2. The van der Waals surface area contributed by atoms with Crippen LogP contribution in [0, 0.1) is 5.92 Å². The number of rotatable bonds is 5. The van der Waals surface area contributed by atoms with Crippen molar-refractivity contribution in [2.24, 2.45) is 5.92 Å². The predicted molar refractivity (Wildman–Crippen MR) is 62.3 cm³/mol. The SMILES string of the molecule is CCC(C)CN(C)C(=O)N(C)C(C)C(=O)O. The van der Waals surface area contributed by atoms with Gasteiger partial charge >= 0.3 is 12.0 Å². The van der Waals surface area contributed by atoms with Gasteiger partial charge in [0, 0.05) is 20.6 Å². The lowest BCUT2D eigenvalue weighted by Gasteiger charge is -2.29. The summed E-state index contributed by atoms with van der Waals surface area (Å²) in [4.78, 5) is 25.4. The first-order valence-corrected chi connectivity index (χ1v) is 5.51. The van der Waals surface area contributed by atoms with Crippen molar-refractivity contribution in [3.8, 4) is 0 Å². The Hall–Kier alpha value is -1.26. The zero-order valence-electron chi connectivity index (χ0n) is 10.7. The van der Waals surface area contributed by atoms with E-state index in [1.165, 1.54) is 18.9 Å². The quantitative estimate of drug-likeness (QED) is 0.778. The van der Waals surface area contributed by atoms with E-state index in [0.29, 0.717) is 12.5 Å². The Labute approximate surface area is 97.0 Å². The van der Waals surface area contributed by atoms with E-state index in [-0.39, 0.29) is 6.03 Å². The van der Waals surface area contributed by atoms with E-state index in [1.54, 1.807) is 11.9 Å². The van der Waals surface area contributed by atoms with Gasteiger partial charge in [-0.1, -0.05) is 20.3 Å². The minimum Gasteiger partial charge on any atom is -0.480 e. The highest BCUT2D eigenvalue weighted by Gasteiger charge is 2.24. The maximum Gasteiger partial charge on any atom is 0.326 e. The van der Waals surface area contributed by atoms with E-state index in [1.807, 2.05) is 0 Å². The average Bonchev–Trinajstić information content (AvgIpc) is 2.25. The summed E-state index contributed by atoms with van der Waals surface area (Å²) in [7, 11) is 3.20. The monoisotopic (exact) mass is 230 g/mol. The maximum atomic E-state index is 11.8. The van der Waals surface area contributed by atoms with Crippen LogP contribution in [0.3, 0.4) is 0 Å². The molecule has 5 heteroatoms. The standard InChI is InChI=1S/C11H22N2O3/c1-6-8(2)7-12(4)11(16)13(5)9(3)10(14)15/h8-9H,6-7H2,1-5H3,(H,14,15). The summed E-state index contributed by atoms with van der Waals surface area (Å²) in [6, 6.07) is -1.05. The smallest absolute Gasteiger partial charge is 0.326 e. The van der Waals surface area contributed by atoms with E-state index in [4.69, 9.17) is 5.11 Å². The topological polar surface area (TPSA) is 60.9 Å². The van der Waals surface area contributed by atoms with Crippen molar-refractivity contribution in [3.63, 3.8) is 0 Å². The van der Waals surface area contributed by atoms with Crippen molar-refractivity contribution in [2.45, 2.75) is 33.2 Å². The fraction of sp³-hybridized carbons (Fsp3) is 0.818. The molecule has 0 heterocycles. The highest BCUT2D eigenvalue weighted by atomic mass is 16.4. The Morgan fingerprint density at radius 2 is 1.75 bits per heavy atom. The van der Waals surface area contributed by atoms with Gasteiger partial charge in [-0.3, -0.25) is 0 Å². The second-order valence-corrected chi connectivity index (χ2v) is 4.30. The number of amides is 2. The summed E-state index contributed by atoms with van der Waals surface area (Å²) in [6.45, 7) is 6.26. The van der Waals surface area contributed by atoms with Crippen molar-refractivity contribution >= 4 is 12.0 Å². The number of aliphatic carboxylic acids is 1. The molecule has 94 valence electrons. The fourth-order valence-corrected chi connectivity index (χ4v) is 1.28. The van der Waals surface area contributed by atoms with Gasteiger partial charge in [-0.15, -0.1) is 0 Å². The summed E-state index contributed by atoms with van der Waals surface area (Å²) >= 11 is 0. The van der Waals surface area contributed by atoms with E-state index < -0.39 is 12.0 Å². The first-order chi connectivity index (χ1) is 7.31. The Balaban J connectivity index is 4.37. The molecule has 16 heavy (non-hydrogen) atoms. The molecule has 0 aromatic rings. The molecule has 0 aliphatic rings. The molecule has 0 aliphatic heterocycles. The van der Waals surface area contributed by atoms with Crippen LogP contribution in [0.4, 0.5) is 4.79 Å². The molecule has 0 bridgehead atoms. The number of hydrogen-bond acceptors (Lipinski definition) is 2. The number of hydrogen-bond donors (Lipinski definition) is 1. The van der Waals surface area contributed by atoms with Crippen LogP contribution in [0.2, 0.25) is 0 Å². The van der Waals surface area contributed by atoms with Crippen LogP contribution in [0.15, 0.2) is 0 Å². The molecular formula is C11H22N2O3. The molecule has 0 fully saturated rings. The lowest BCUT2D eigenvalue weighted by molar-refractivity contribution is -0.141. The van der Waals surface area contributed by atoms with Gasteiger partial charge < -0.3 is 14.9 Å². The normalized spacial score (nSPS) is 14.1. The third-order valence-electron chi connectivity index (χ3n) is 2.85. The van der Waals surface area contributed by atoms with Gasteiger partial charge in [-0.25, -0.2) is 9.59 Å². The van der Waals surface area contributed by atoms with E-state index >= 15 is 0 Å². The van der Waals surface area contributed by atoms with Crippen molar-refractivity contribution in [1.29, 1.82) is 0 Å². The van der Waals surface area contributed by atoms with Crippen molar-refractivity contribution in [3.05, 3.63) is 0 Å². The van der Waals surface area contributed by atoms with Gasteiger partial charge in [0.1, 0.15) is 6.04 Å². The number of carboxylic acids is 1. The Bertz CT molecular complexity index is 256. The molecular weight excluding hydrogens is 208 g/mol. The van der Waals surface area contributed by atoms with Crippen LogP contribution in [-0.2, 0) is 4.79 Å². The fourth-order valence-electron chi connectivity index (χ4n) is 1.28. The lowest BCUT2D eigenvalue weighted by Crippen LogP contribution is -2.47. The molecule has 0 spiro atoms. The molecule has 0 rings (SSSR count). The predicted octanol–water partition coefficient (Wildman–Crippen LogP) is 1.49. The van der Waals surface area contributed by atoms with Crippen molar-refractivity contribution in [2.75, 3.05) is 20.6 Å². The first kappa shape index (κ1) is 14.7. The largest absolute Gasteiger partial charge is 0.480 e. The second kappa shape index (κ2) is 6.35. The number of likely N-dealkylation sites (N-methyl/N-ethyl adjacent to an activating group) is 1. The summed E-state index contributed by atoms with van der Waals surface area (Å²) < 4.78 is 0. The van der Waals surface area contributed by atoms with Gasteiger partial charge in [0.05, 0.1) is 0 Å². The number of carbonyl (C=O) groups excluding carboxylic acids is 1. The summed E-state index contributed by atoms with van der Waals surface area (Å²) in [5.41, 5.74) is 0. The van der Waals surface area contributed by atoms with Gasteiger partial charge in [-0.2, -0.15) is 0 Å². The molecule has 5 nitrogen and oxygen atoms in total. The van der Waals surface area contributed by atoms with Gasteiger partial charge in [0.15, 0.2) is 0 Å². The van der Waals surface area contributed by atoms with E-state index in [0.717, 1.165) is 6.42 Å². The molecule has 0 saturated heterocycles. The zero-order valence-corrected chi connectivity index (χ0v) is 10.7. The number of carboxylic acid groups (broad SMARTS) is 1. The third kappa shape index (κ3) is 4.08. The Kier molecular flexibility index (Phi) is 5.85. The van der Waals surface area contributed by atoms with Crippen LogP contribution in [0.25, 0.3) is 0 Å². The minimum absolute atomic E-state index is 0.254. The highest BCUT2D eigenvalue weighted by molar-refractivity contribution is 5.82. The van der Waals surface area contributed by atoms with Crippen LogP contribution in [-0.4, -0.2) is 53.6 Å². The molecule has 0 aromatic heterocycles. The zero-order chi connectivity index (χ0) is 12.9. The van der Waals surface area contributed by atoms with E-state index in [2.05, 4.69) is 13.8 Å². The molecule has 0 saturated carbocycles. The Morgan fingerprint density at radius 3 is 2.12 bits per heavy atom. The molecule has 0 aromatic carbocycles. The van der Waals surface area contributed by atoms with Crippen LogP contribution < -0.4 is 0 Å². The summed E-state index contributed by atoms with van der Waals surface area (Å²) in [6.07, 6.45) is 0.996.